The van der Waals surface area contributed by atoms with Crippen molar-refractivity contribution in [2.24, 2.45) is 17.2 Å². The van der Waals surface area contributed by atoms with Crippen molar-refractivity contribution in [1.29, 1.82) is 0 Å². The number of hydrogen-bond donors (Lipinski definition) is 5. The van der Waals surface area contributed by atoms with E-state index in [0.717, 1.165) is 16.3 Å². The minimum absolute atomic E-state index is 0.212. The zero-order chi connectivity index (χ0) is 25.9. The van der Waals surface area contributed by atoms with Gasteiger partial charge in [0.15, 0.2) is 0 Å². The highest BCUT2D eigenvalue weighted by Gasteiger charge is 2.27. The van der Waals surface area contributed by atoms with Gasteiger partial charge in [0.25, 0.3) is 0 Å². The fourth-order valence-electron chi connectivity index (χ4n) is 3.92. The van der Waals surface area contributed by atoms with E-state index in [2.05, 4.69) is 10.6 Å². The van der Waals surface area contributed by atoms with Crippen LogP contribution in [0.25, 0.3) is 10.8 Å². The lowest BCUT2D eigenvalue weighted by Gasteiger charge is -2.24. The van der Waals surface area contributed by atoms with E-state index >= 15 is 0 Å². The number of carbonyl (C=O) groups excluding carboxylic acids is 3. The van der Waals surface area contributed by atoms with Crippen LogP contribution < -0.4 is 27.8 Å². The average Bonchev–Trinajstić information content (AvgIpc) is 2.88. The molecule has 3 aromatic rings. The summed E-state index contributed by atoms with van der Waals surface area (Å²) in [6.07, 6.45) is 0.0509. The SMILES string of the molecule is NCCN(CCN)C(=O)CC(N)C(=O)NC(Cc1ccccc1)C(=O)Nc1ccc2ccccc2c1. The fraction of sp³-hybridized carbons (Fsp3) is 0.296. The number of carbonyl (C=O) groups is 3. The number of nitrogens with zero attached hydrogens (tertiary/aromatic N) is 1. The van der Waals surface area contributed by atoms with Crippen LogP contribution in [0.1, 0.15) is 12.0 Å². The summed E-state index contributed by atoms with van der Waals surface area (Å²) in [6.45, 7) is 1.22. The highest BCUT2D eigenvalue weighted by atomic mass is 16.2. The first-order chi connectivity index (χ1) is 17.4. The van der Waals surface area contributed by atoms with E-state index in [9.17, 15) is 14.4 Å². The highest BCUT2D eigenvalue weighted by Crippen LogP contribution is 2.19. The molecule has 3 amide bonds. The summed E-state index contributed by atoms with van der Waals surface area (Å²) >= 11 is 0. The monoisotopic (exact) mass is 490 g/mol. The minimum Gasteiger partial charge on any atom is -0.343 e. The molecule has 0 radical (unpaired) electrons. The second-order valence-electron chi connectivity index (χ2n) is 8.57. The van der Waals surface area contributed by atoms with Crippen LogP contribution in [0.2, 0.25) is 0 Å². The summed E-state index contributed by atoms with van der Waals surface area (Å²) < 4.78 is 0. The number of anilines is 1. The zero-order valence-corrected chi connectivity index (χ0v) is 20.2. The summed E-state index contributed by atoms with van der Waals surface area (Å²) in [7, 11) is 0. The molecule has 0 aromatic heterocycles. The van der Waals surface area contributed by atoms with Crippen molar-refractivity contribution in [3.8, 4) is 0 Å². The maximum atomic E-state index is 13.2. The third-order valence-electron chi connectivity index (χ3n) is 5.81. The molecule has 0 aliphatic heterocycles. The largest absolute Gasteiger partial charge is 0.343 e. The predicted molar refractivity (Wildman–Crippen MR) is 142 cm³/mol. The van der Waals surface area contributed by atoms with E-state index in [-0.39, 0.29) is 37.7 Å². The third kappa shape index (κ3) is 7.61. The van der Waals surface area contributed by atoms with Gasteiger partial charge < -0.3 is 32.7 Å². The van der Waals surface area contributed by atoms with E-state index in [1.807, 2.05) is 72.8 Å². The minimum atomic E-state index is -1.12. The summed E-state index contributed by atoms with van der Waals surface area (Å²) in [5, 5.41) is 7.67. The Labute approximate surface area is 211 Å². The van der Waals surface area contributed by atoms with E-state index in [1.54, 1.807) is 0 Å². The molecule has 3 rings (SSSR count). The Kier molecular flexibility index (Phi) is 9.93. The van der Waals surface area contributed by atoms with Crippen LogP contribution in [0, 0.1) is 0 Å². The van der Waals surface area contributed by atoms with Gasteiger partial charge in [0, 0.05) is 38.3 Å². The number of hydrogen-bond acceptors (Lipinski definition) is 6. The molecule has 2 unspecified atom stereocenters. The molecule has 9 nitrogen and oxygen atoms in total. The van der Waals surface area contributed by atoms with Gasteiger partial charge in [0.1, 0.15) is 6.04 Å². The molecule has 2 atom stereocenters. The molecule has 190 valence electrons. The lowest BCUT2D eigenvalue weighted by Crippen LogP contribution is -2.52. The van der Waals surface area contributed by atoms with Crippen molar-refractivity contribution >= 4 is 34.2 Å². The number of rotatable bonds is 12. The van der Waals surface area contributed by atoms with Gasteiger partial charge in [-0.1, -0.05) is 60.7 Å². The van der Waals surface area contributed by atoms with Gasteiger partial charge in [-0.15, -0.1) is 0 Å². The first kappa shape index (κ1) is 26.8. The van der Waals surface area contributed by atoms with Gasteiger partial charge in [0.05, 0.1) is 12.5 Å². The Hall–Kier alpha value is -3.79. The summed E-state index contributed by atoms with van der Waals surface area (Å²) in [6, 6.07) is 20.8. The first-order valence-corrected chi connectivity index (χ1v) is 12.0. The lowest BCUT2D eigenvalue weighted by atomic mass is 10.0. The predicted octanol–water partition coefficient (Wildman–Crippen LogP) is 0.969. The van der Waals surface area contributed by atoms with Gasteiger partial charge in [-0.05, 0) is 28.5 Å². The van der Waals surface area contributed by atoms with Crippen molar-refractivity contribution in [2.75, 3.05) is 31.5 Å². The van der Waals surface area contributed by atoms with Gasteiger partial charge in [-0.25, -0.2) is 0 Å². The lowest BCUT2D eigenvalue weighted by molar-refractivity contribution is -0.134. The fourth-order valence-corrected chi connectivity index (χ4v) is 3.92. The van der Waals surface area contributed by atoms with Crippen molar-refractivity contribution in [3.63, 3.8) is 0 Å². The number of benzene rings is 3. The van der Waals surface area contributed by atoms with E-state index in [0.29, 0.717) is 18.8 Å². The standard InChI is InChI=1S/C27H34N6O3/c28-12-14-33(15-13-29)25(34)18-23(30)26(35)32-24(16-19-6-2-1-3-7-19)27(36)31-22-11-10-20-8-4-5-9-21(20)17-22/h1-11,17,23-24H,12-16,18,28-30H2,(H,31,36)(H,32,35). The smallest absolute Gasteiger partial charge is 0.247 e. The average molecular weight is 491 g/mol. The van der Waals surface area contributed by atoms with Crippen molar-refractivity contribution < 1.29 is 14.4 Å². The Morgan fingerprint density at radius 2 is 1.44 bits per heavy atom. The van der Waals surface area contributed by atoms with Crippen LogP contribution in [-0.2, 0) is 20.8 Å². The third-order valence-corrected chi connectivity index (χ3v) is 5.81. The number of nitrogens with one attached hydrogen (secondary N) is 2. The Balaban J connectivity index is 1.71. The molecule has 0 fully saturated rings. The van der Waals surface area contributed by atoms with Crippen LogP contribution in [-0.4, -0.2) is 60.9 Å². The van der Waals surface area contributed by atoms with Gasteiger partial charge in [0.2, 0.25) is 17.7 Å². The summed E-state index contributed by atoms with van der Waals surface area (Å²) in [4.78, 5) is 40.2. The summed E-state index contributed by atoms with van der Waals surface area (Å²) in [5.41, 5.74) is 18.7. The molecule has 0 heterocycles. The molecule has 0 spiro atoms. The van der Waals surface area contributed by atoms with Crippen molar-refractivity contribution in [3.05, 3.63) is 78.4 Å². The number of amides is 3. The van der Waals surface area contributed by atoms with Crippen LogP contribution >= 0.6 is 0 Å². The zero-order valence-electron chi connectivity index (χ0n) is 20.2. The second kappa shape index (κ2) is 13.3. The van der Waals surface area contributed by atoms with Crippen LogP contribution in [0.3, 0.4) is 0 Å². The quantitative estimate of drug-likeness (QED) is 0.255. The molecule has 8 N–H and O–H groups in total. The Bertz CT molecular complexity index is 1160. The van der Waals surface area contributed by atoms with Crippen molar-refractivity contribution in [2.45, 2.75) is 24.9 Å². The van der Waals surface area contributed by atoms with Crippen LogP contribution in [0.15, 0.2) is 72.8 Å². The molecule has 0 saturated carbocycles. The summed E-state index contributed by atoms with van der Waals surface area (Å²) in [5.74, 6) is -1.28. The molecule has 0 saturated heterocycles. The van der Waals surface area contributed by atoms with Crippen molar-refractivity contribution in [1.82, 2.24) is 10.2 Å². The topological polar surface area (TPSA) is 157 Å². The molecular weight excluding hydrogens is 456 g/mol. The normalized spacial score (nSPS) is 12.5. The second-order valence-corrected chi connectivity index (χ2v) is 8.57. The molecule has 0 aliphatic rings. The highest BCUT2D eigenvalue weighted by molar-refractivity contribution is 6.00. The Morgan fingerprint density at radius 3 is 2.11 bits per heavy atom. The van der Waals surface area contributed by atoms with E-state index in [4.69, 9.17) is 17.2 Å². The maximum Gasteiger partial charge on any atom is 0.247 e. The van der Waals surface area contributed by atoms with Gasteiger partial charge >= 0.3 is 0 Å². The van der Waals surface area contributed by atoms with Crippen LogP contribution in [0.5, 0.6) is 0 Å². The van der Waals surface area contributed by atoms with Gasteiger partial charge in [-0.3, -0.25) is 14.4 Å². The molecule has 36 heavy (non-hydrogen) atoms. The first-order valence-electron chi connectivity index (χ1n) is 12.0. The number of nitrogens with two attached hydrogens (primary N) is 3. The molecule has 3 aromatic carbocycles. The molecule has 9 heteroatoms. The molecule has 0 aliphatic carbocycles. The molecule has 0 bridgehead atoms. The maximum absolute atomic E-state index is 13.2. The number of fused-ring (bicyclic) bond motifs is 1. The van der Waals surface area contributed by atoms with Gasteiger partial charge in [-0.2, -0.15) is 0 Å². The van der Waals surface area contributed by atoms with E-state index in [1.165, 1.54) is 4.90 Å². The van der Waals surface area contributed by atoms with Crippen LogP contribution in [0.4, 0.5) is 5.69 Å². The molecular formula is C27H34N6O3. The Morgan fingerprint density at radius 1 is 0.806 bits per heavy atom. The van der Waals surface area contributed by atoms with E-state index < -0.39 is 18.0 Å².